The summed E-state index contributed by atoms with van der Waals surface area (Å²) in [6.45, 7) is 8.34. The second-order valence-corrected chi connectivity index (χ2v) is 5.15. The zero-order valence-electron chi connectivity index (χ0n) is 11.9. The molecule has 2 rings (SSSR count). The van der Waals surface area contributed by atoms with Crippen molar-refractivity contribution in [2.24, 2.45) is 0 Å². The van der Waals surface area contributed by atoms with Crippen molar-refractivity contribution in [3.05, 3.63) is 24.2 Å². The van der Waals surface area contributed by atoms with Gasteiger partial charge < -0.3 is 19.4 Å². The topological polar surface area (TPSA) is 37.6 Å². The molecule has 0 bridgehead atoms. The molecule has 1 saturated heterocycles. The van der Waals surface area contributed by atoms with Gasteiger partial charge in [-0.2, -0.15) is 0 Å². The van der Waals surface area contributed by atoms with Crippen LogP contribution in [0.5, 0.6) is 0 Å². The van der Waals surface area contributed by atoms with Crippen molar-refractivity contribution in [3.63, 3.8) is 0 Å². The minimum atomic E-state index is 0.585. The van der Waals surface area contributed by atoms with Crippen LogP contribution in [0, 0.1) is 0 Å². The molecule has 0 amide bonds. The molecule has 2 heterocycles. The molecule has 4 nitrogen and oxygen atoms in total. The second-order valence-electron chi connectivity index (χ2n) is 5.15. The van der Waals surface area contributed by atoms with Gasteiger partial charge in [-0.1, -0.05) is 6.92 Å². The Bertz CT molecular complexity index is 319. The fraction of sp³-hybridized carbons (Fsp3) is 0.733. The van der Waals surface area contributed by atoms with Crippen LogP contribution in [-0.2, 0) is 11.3 Å². The summed E-state index contributed by atoms with van der Waals surface area (Å²) in [5.41, 5.74) is 0. The van der Waals surface area contributed by atoms with Gasteiger partial charge in [0.1, 0.15) is 12.4 Å². The lowest BCUT2D eigenvalue weighted by Crippen LogP contribution is -2.42. The van der Waals surface area contributed by atoms with Crippen molar-refractivity contribution < 1.29 is 9.15 Å². The Kier molecular flexibility index (Phi) is 6.41. The molecule has 1 aromatic rings. The van der Waals surface area contributed by atoms with E-state index in [0.29, 0.717) is 12.6 Å². The minimum absolute atomic E-state index is 0.585. The van der Waals surface area contributed by atoms with E-state index in [1.165, 1.54) is 32.5 Å². The van der Waals surface area contributed by atoms with E-state index in [2.05, 4.69) is 17.1 Å². The minimum Gasteiger partial charge on any atom is -0.467 e. The Labute approximate surface area is 116 Å². The lowest BCUT2D eigenvalue weighted by Gasteiger charge is -2.31. The first kappa shape index (κ1) is 14.6. The molecule has 1 aromatic heterocycles. The van der Waals surface area contributed by atoms with Crippen molar-refractivity contribution >= 4 is 0 Å². The Morgan fingerprint density at radius 3 is 2.95 bits per heavy atom. The Hall–Kier alpha value is -0.840. The van der Waals surface area contributed by atoms with Gasteiger partial charge in [-0.25, -0.2) is 0 Å². The third kappa shape index (κ3) is 5.35. The van der Waals surface area contributed by atoms with Crippen LogP contribution in [0.4, 0.5) is 0 Å². The maximum absolute atomic E-state index is 5.56. The van der Waals surface area contributed by atoms with Gasteiger partial charge in [0, 0.05) is 12.6 Å². The molecule has 0 spiro atoms. The first-order chi connectivity index (χ1) is 9.38. The van der Waals surface area contributed by atoms with Gasteiger partial charge in [0.25, 0.3) is 0 Å². The number of hydrogen-bond acceptors (Lipinski definition) is 4. The fourth-order valence-corrected chi connectivity index (χ4v) is 2.50. The summed E-state index contributed by atoms with van der Waals surface area (Å²) in [6, 6.07) is 4.54. The van der Waals surface area contributed by atoms with Gasteiger partial charge in [0.05, 0.1) is 6.26 Å². The maximum Gasteiger partial charge on any atom is 0.129 e. The number of likely N-dealkylation sites (tertiary alicyclic amines) is 1. The Morgan fingerprint density at radius 1 is 1.42 bits per heavy atom. The van der Waals surface area contributed by atoms with E-state index >= 15 is 0 Å². The van der Waals surface area contributed by atoms with Crippen molar-refractivity contribution in [1.29, 1.82) is 0 Å². The van der Waals surface area contributed by atoms with E-state index in [-0.39, 0.29) is 0 Å². The quantitative estimate of drug-likeness (QED) is 0.732. The van der Waals surface area contributed by atoms with Gasteiger partial charge in [-0.15, -0.1) is 0 Å². The van der Waals surface area contributed by atoms with E-state index in [4.69, 9.17) is 9.15 Å². The number of hydrogen-bond donors (Lipinski definition) is 1. The third-order valence-electron chi connectivity index (χ3n) is 3.76. The maximum atomic E-state index is 5.56. The molecule has 0 atom stereocenters. The van der Waals surface area contributed by atoms with Crippen LogP contribution in [0.1, 0.15) is 31.9 Å². The van der Waals surface area contributed by atoms with E-state index in [9.17, 15) is 0 Å². The molecule has 0 unspecified atom stereocenters. The SMILES string of the molecule is CCN1CCC(NCCCOCc2ccco2)CC1. The Balaban J connectivity index is 1.44. The van der Waals surface area contributed by atoms with Crippen LogP contribution in [0.3, 0.4) is 0 Å². The predicted molar refractivity (Wildman–Crippen MR) is 76.1 cm³/mol. The van der Waals surface area contributed by atoms with Gasteiger partial charge in [-0.05, 0) is 57.6 Å². The lowest BCUT2D eigenvalue weighted by atomic mass is 10.1. The number of nitrogens with zero attached hydrogens (tertiary/aromatic N) is 1. The molecule has 1 N–H and O–H groups in total. The molecule has 0 radical (unpaired) electrons. The second kappa shape index (κ2) is 8.35. The van der Waals surface area contributed by atoms with Crippen molar-refractivity contribution in [2.75, 3.05) is 32.8 Å². The summed E-state index contributed by atoms with van der Waals surface area (Å²) in [4.78, 5) is 2.52. The number of rotatable bonds is 8. The Morgan fingerprint density at radius 2 is 2.26 bits per heavy atom. The third-order valence-corrected chi connectivity index (χ3v) is 3.76. The van der Waals surface area contributed by atoms with Crippen molar-refractivity contribution in [1.82, 2.24) is 10.2 Å². The first-order valence-corrected chi connectivity index (χ1v) is 7.44. The van der Waals surface area contributed by atoms with E-state index < -0.39 is 0 Å². The zero-order valence-corrected chi connectivity index (χ0v) is 11.9. The fourth-order valence-electron chi connectivity index (χ4n) is 2.50. The summed E-state index contributed by atoms with van der Waals surface area (Å²) < 4.78 is 10.8. The lowest BCUT2D eigenvalue weighted by molar-refractivity contribution is 0.103. The standard InChI is InChI=1S/C15H26N2O2/c1-2-17-9-6-14(7-10-17)16-8-4-11-18-13-15-5-3-12-19-15/h3,5,12,14,16H,2,4,6-11,13H2,1H3. The van der Waals surface area contributed by atoms with Crippen LogP contribution in [0.15, 0.2) is 22.8 Å². The smallest absolute Gasteiger partial charge is 0.129 e. The van der Waals surface area contributed by atoms with E-state index in [1.807, 2.05) is 12.1 Å². The van der Waals surface area contributed by atoms with Crippen molar-refractivity contribution in [3.8, 4) is 0 Å². The molecule has 0 saturated carbocycles. The molecular formula is C15H26N2O2. The zero-order chi connectivity index (χ0) is 13.3. The summed E-state index contributed by atoms with van der Waals surface area (Å²) >= 11 is 0. The van der Waals surface area contributed by atoms with Gasteiger partial charge in [0.15, 0.2) is 0 Å². The summed E-state index contributed by atoms with van der Waals surface area (Å²) in [5, 5.41) is 3.63. The van der Waals surface area contributed by atoms with Crippen LogP contribution < -0.4 is 5.32 Å². The van der Waals surface area contributed by atoms with Crippen molar-refractivity contribution in [2.45, 2.75) is 38.8 Å². The van der Waals surface area contributed by atoms with Gasteiger partial charge >= 0.3 is 0 Å². The number of nitrogens with one attached hydrogen (secondary N) is 1. The monoisotopic (exact) mass is 266 g/mol. The normalized spacial score (nSPS) is 17.9. The van der Waals surface area contributed by atoms with Crippen LogP contribution in [-0.4, -0.2) is 43.7 Å². The highest BCUT2D eigenvalue weighted by atomic mass is 16.5. The highest BCUT2D eigenvalue weighted by Crippen LogP contribution is 2.09. The average Bonchev–Trinajstić information content (AvgIpc) is 2.96. The molecule has 4 heteroatoms. The molecule has 19 heavy (non-hydrogen) atoms. The number of ether oxygens (including phenoxy) is 1. The van der Waals surface area contributed by atoms with Gasteiger partial charge in [-0.3, -0.25) is 0 Å². The molecule has 1 aliphatic rings. The van der Waals surface area contributed by atoms with E-state index in [0.717, 1.165) is 25.3 Å². The summed E-state index contributed by atoms with van der Waals surface area (Å²) in [7, 11) is 0. The molecule has 1 fully saturated rings. The summed E-state index contributed by atoms with van der Waals surface area (Å²) in [5.74, 6) is 0.903. The van der Waals surface area contributed by atoms with Crippen LogP contribution in [0.2, 0.25) is 0 Å². The molecule has 0 aliphatic carbocycles. The molecule has 0 aromatic carbocycles. The van der Waals surface area contributed by atoms with Crippen LogP contribution in [0.25, 0.3) is 0 Å². The highest BCUT2D eigenvalue weighted by molar-refractivity contribution is 4.95. The largest absolute Gasteiger partial charge is 0.467 e. The van der Waals surface area contributed by atoms with Crippen LogP contribution >= 0.6 is 0 Å². The molecular weight excluding hydrogens is 240 g/mol. The predicted octanol–water partition coefficient (Wildman–Crippen LogP) is 2.26. The number of furan rings is 1. The molecule has 108 valence electrons. The first-order valence-electron chi connectivity index (χ1n) is 7.44. The summed E-state index contributed by atoms with van der Waals surface area (Å²) in [6.07, 6.45) is 5.31. The average molecular weight is 266 g/mol. The highest BCUT2D eigenvalue weighted by Gasteiger charge is 2.16. The number of piperidine rings is 1. The van der Waals surface area contributed by atoms with E-state index in [1.54, 1.807) is 6.26 Å². The van der Waals surface area contributed by atoms with Gasteiger partial charge in [0.2, 0.25) is 0 Å². The molecule has 1 aliphatic heterocycles.